The molecule has 0 aromatic heterocycles. The Labute approximate surface area is 167 Å². The first-order valence-corrected chi connectivity index (χ1v) is 10.9. The summed E-state index contributed by atoms with van der Waals surface area (Å²) in [4.78, 5) is 39.2. The van der Waals surface area contributed by atoms with Crippen molar-refractivity contribution in [1.82, 2.24) is 10.2 Å². The van der Waals surface area contributed by atoms with E-state index in [-0.39, 0.29) is 23.8 Å². The summed E-state index contributed by atoms with van der Waals surface area (Å²) in [5, 5.41) is 3.13. The first-order chi connectivity index (χ1) is 13.6. The van der Waals surface area contributed by atoms with Gasteiger partial charge in [-0.15, -0.1) is 0 Å². The van der Waals surface area contributed by atoms with Crippen LogP contribution in [0.3, 0.4) is 0 Å². The van der Waals surface area contributed by atoms with E-state index in [2.05, 4.69) is 5.32 Å². The van der Waals surface area contributed by atoms with Gasteiger partial charge in [0.25, 0.3) is 11.8 Å². The van der Waals surface area contributed by atoms with Crippen molar-refractivity contribution in [2.75, 3.05) is 0 Å². The van der Waals surface area contributed by atoms with Gasteiger partial charge in [-0.2, -0.15) is 0 Å². The molecule has 1 atom stereocenters. The van der Waals surface area contributed by atoms with E-state index in [1.165, 1.54) is 44.9 Å². The van der Waals surface area contributed by atoms with Crippen molar-refractivity contribution in [3.63, 3.8) is 0 Å². The highest BCUT2D eigenvalue weighted by molar-refractivity contribution is 6.22. The molecule has 0 saturated heterocycles. The Morgan fingerprint density at radius 2 is 1.29 bits per heavy atom. The Balaban J connectivity index is 1.61. The molecular weight excluding hydrogens is 352 g/mol. The lowest BCUT2D eigenvalue weighted by atomic mass is 9.97. The zero-order valence-electron chi connectivity index (χ0n) is 16.9. The highest BCUT2D eigenvalue weighted by atomic mass is 16.2. The highest BCUT2D eigenvalue weighted by Crippen LogP contribution is 2.25. The van der Waals surface area contributed by atoms with E-state index in [9.17, 15) is 14.4 Å². The molecule has 0 radical (unpaired) electrons. The molecule has 1 aliphatic heterocycles. The minimum atomic E-state index is -0.797. The van der Waals surface area contributed by atoms with E-state index in [0.29, 0.717) is 11.1 Å². The van der Waals surface area contributed by atoms with Crippen LogP contribution in [-0.2, 0) is 4.79 Å². The summed E-state index contributed by atoms with van der Waals surface area (Å²) in [6.07, 6.45) is 13.1. The van der Waals surface area contributed by atoms with Gasteiger partial charge in [-0.05, 0) is 31.9 Å². The third-order valence-electron chi connectivity index (χ3n) is 6.04. The van der Waals surface area contributed by atoms with E-state index in [4.69, 9.17) is 0 Å². The number of imide groups is 1. The van der Waals surface area contributed by atoms with Gasteiger partial charge in [0.2, 0.25) is 5.91 Å². The molecule has 1 N–H and O–H groups in total. The second kappa shape index (κ2) is 9.85. The zero-order chi connectivity index (χ0) is 19.9. The van der Waals surface area contributed by atoms with Crippen molar-refractivity contribution in [3.05, 3.63) is 35.4 Å². The first kappa shape index (κ1) is 20.6. The van der Waals surface area contributed by atoms with Gasteiger partial charge in [0.15, 0.2) is 0 Å². The van der Waals surface area contributed by atoms with E-state index < -0.39 is 6.04 Å². The fourth-order valence-corrected chi connectivity index (χ4v) is 4.31. The zero-order valence-corrected chi connectivity index (χ0v) is 16.9. The summed E-state index contributed by atoms with van der Waals surface area (Å²) in [5.41, 5.74) is 0.774. The molecule has 28 heavy (non-hydrogen) atoms. The quantitative estimate of drug-likeness (QED) is 0.783. The molecule has 0 bridgehead atoms. The Morgan fingerprint density at radius 1 is 0.857 bits per heavy atom. The van der Waals surface area contributed by atoms with E-state index >= 15 is 0 Å². The minimum Gasteiger partial charge on any atom is -0.352 e. The standard InChI is InChI=1S/C23H32N2O3/c1-17(25-22(27)19-15-11-12-16-20(19)23(25)28)21(26)24-18-13-9-7-5-3-2-4-6-8-10-14-18/h11-12,15-18H,2-10,13-14H2,1H3,(H,24,26)/t17-/m0/s1. The number of amides is 3. The molecule has 0 spiro atoms. The summed E-state index contributed by atoms with van der Waals surface area (Å²) in [5.74, 6) is -0.976. The molecule has 1 fully saturated rings. The Bertz CT molecular complexity index is 669. The average molecular weight is 385 g/mol. The maximum Gasteiger partial charge on any atom is 0.262 e. The summed E-state index contributed by atoms with van der Waals surface area (Å²) < 4.78 is 0. The maximum atomic E-state index is 12.9. The van der Waals surface area contributed by atoms with Gasteiger partial charge in [-0.1, -0.05) is 69.9 Å². The second-order valence-corrected chi connectivity index (χ2v) is 8.17. The molecule has 0 unspecified atom stereocenters. The molecule has 1 heterocycles. The summed E-state index contributed by atoms with van der Waals surface area (Å²) in [6.45, 7) is 1.65. The fraction of sp³-hybridized carbons (Fsp3) is 0.609. The number of carbonyl (C=O) groups excluding carboxylic acids is 3. The van der Waals surface area contributed by atoms with Gasteiger partial charge in [0.05, 0.1) is 11.1 Å². The van der Waals surface area contributed by atoms with Crippen LogP contribution in [0.4, 0.5) is 0 Å². The van der Waals surface area contributed by atoms with Gasteiger partial charge >= 0.3 is 0 Å². The molecule has 1 aromatic carbocycles. The van der Waals surface area contributed by atoms with Crippen LogP contribution in [0.2, 0.25) is 0 Å². The van der Waals surface area contributed by atoms with Crippen molar-refractivity contribution >= 4 is 17.7 Å². The number of carbonyl (C=O) groups is 3. The van der Waals surface area contributed by atoms with Crippen LogP contribution in [-0.4, -0.2) is 34.7 Å². The number of hydrogen-bond acceptors (Lipinski definition) is 3. The average Bonchev–Trinajstić information content (AvgIpc) is 2.94. The van der Waals surface area contributed by atoms with Crippen LogP contribution in [0.5, 0.6) is 0 Å². The van der Waals surface area contributed by atoms with Crippen LogP contribution in [0, 0.1) is 0 Å². The van der Waals surface area contributed by atoms with Crippen LogP contribution < -0.4 is 5.32 Å². The molecule has 152 valence electrons. The topological polar surface area (TPSA) is 66.5 Å². The highest BCUT2D eigenvalue weighted by Gasteiger charge is 2.40. The Kier molecular flexibility index (Phi) is 7.24. The van der Waals surface area contributed by atoms with Crippen LogP contribution in [0.25, 0.3) is 0 Å². The third kappa shape index (κ3) is 4.81. The lowest BCUT2D eigenvalue weighted by Gasteiger charge is -2.25. The molecule has 3 amide bonds. The van der Waals surface area contributed by atoms with Crippen LogP contribution in [0.15, 0.2) is 24.3 Å². The van der Waals surface area contributed by atoms with Gasteiger partial charge in [0, 0.05) is 6.04 Å². The Morgan fingerprint density at radius 3 is 1.75 bits per heavy atom. The maximum absolute atomic E-state index is 12.9. The van der Waals surface area contributed by atoms with E-state index in [1.54, 1.807) is 31.2 Å². The number of fused-ring (bicyclic) bond motifs is 1. The van der Waals surface area contributed by atoms with Gasteiger partial charge in [0.1, 0.15) is 6.04 Å². The summed E-state index contributed by atoms with van der Waals surface area (Å²) in [6, 6.07) is 6.10. The first-order valence-electron chi connectivity index (χ1n) is 10.9. The van der Waals surface area contributed by atoms with Gasteiger partial charge in [-0.25, -0.2) is 0 Å². The monoisotopic (exact) mass is 384 g/mol. The molecule has 1 aliphatic carbocycles. The SMILES string of the molecule is C[C@@H](C(=O)NC1CCCCCCCCCCC1)N1C(=O)c2ccccc2C1=O. The van der Waals surface area contributed by atoms with E-state index in [0.717, 1.165) is 30.6 Å². The van der Waals surface area contributed by atoms with Crippen molar-refractivity contribution in [3.8, 4) is 0 Å². The molecule has 1 saturated carbocycles. The van der Waals surface area contributed by atoms with Crippen molar-refractivity contribution < 1.29 is 14.4 Å². The number of nitrogens with zero attached hydrogens (tertiary/aromatic N) is 1. The third-order valence-corrected chi connectivity index (χ3v) is 6.04. The predicted octanol–water partition coefficient (Wildman–Crippen LogP) is 4.46. The predicted molar refractivity (Wildman–Crippen MR) is 109 cm³/mol. The van der Waals surface area contributed by atoms with Crippen molar-refractivity contribution in [1.29, 1.82) is 0 Å². The largest absolute Gasteiger partial charge is 0.352 e. The molecule has 1 aromatic rings. The molecular formula is C23H32N2O3. The van der Waals surface area contributed by atoms with E-state index in [1.807, 2.05) is 0 Å². The van der Waals surface area contributed by atoms with Gasteiger partial charge in [-0.3, -0.25) is 19.3 Å². The number of nitrogens with one attached hydrogen (secondary N) is 1. The number of rotatable bonds is 3. The van der Waals surface area contributed by atoms with Crippen molar-refractivity contribution in [2.45, 2.75) is 89.6 Å². The fourth-order valence-electron chi connectivity index (χ4n) is 4.31. The number of benzene rings is 1. The molecule has 5 heteroatoms. The minimum absolute atomic E-state index is 0.129. The normalized spacial score (nSPS) is 20.8. The van der Waals surface area contributed by atoms with Crippen molar-refractivity contribution in [2.24, 2.45) is 0 Å². The summed E-state index contributed by atoms with van der Waals surface area (Å²) >= 11 is 0. The molecule has 2 aliphatic rings. The lowest BCUT2D eigenvalue weighted by molar-refractivity contribution is -0.125. The second-order valence-electron chi connectivity index (χ2n) is 8.17. The smallest absolute Gasteiger partial charge is 0.262 e. The number of hydrogen-bond donors (Lipinski definition) is 1. The summed E-state index contributed by atoms with van der Waals surface area (Å²) in [7, 11) is 0. The molecule has 5 nitrogen and oxygen atoms in total. The van der Waals surface area contributed by atoms with Crippen LogP contribution >= 0.6 is 0 Å². The Hall–Kier alpha value is -2.17. The molecule has 3 rings (SSSR count). The van der Waals surface area contributed by atoms with Gasteiger partial charge < -0.3 is 5.32 Å². The lowest BCUT2D eigenvalue weighted by Crippen LogP contribution is -2.50. The van der Waals surface area contributed by atoms with Crippen LogP contribution in [0.1, 0.15) is 98.3 Å².